The minimum absolute atomic E-state index is 0.192. The second-order valence-electron chi connectivity index (χ2n) is 4.54. The number of imide groups is 1. The van der Waals surface area contributed by atoms with Crippen LogP contribution in [0.4, 0.5) is 5.82 Å². The Bertz CT molecular complexity index is 748. The van der Waals surface area contributed by atoms with Crippen molar-refractivity contribution in [1.29, 1.82) is 0 Å². The summed E-state index contributed by atoms with van der Waals surface area (Å²) in [6.45, 7) is 0. The minimum atomic E-state index is -0.523. The molecule has 0 aliphatic carbocycles. The Morgan fingerprint density at radius 3 is 2.95 bits per heavy atom. The topological polar surface area (TPSA) is 112 Å². The Labute approximate surface area is 112 Å². The van der Waals surface area contributed by atoms with Gasteiger partial charge in [-0.1, -0.05) is 0 Å². The van der Waals surface area contributed by atoms with Gasteiger partial charge in [0.05, 0.1) is 0 Å². The minimum Gasteiger partial charge on any atom is -0.357 e. The van der Waals surface area contributed by atoms with Gasteiger partial charge in [-0.15, -0.1) is 5.10 Å². The molecule has 1 aliphatic heterocycles. The van der Waals surface area contributed by atoms with Crippen molar-refractivity contribution in [2.75, 3.05) is 12.4 Å². The van der Waals surface area contributed by atoms with Gasteiger partial charge in [-0.05, 0) is 18.6 Å². The highest BCUT2D eigenvalue weighted by Crippen LogP contribution is 2.15. The van der Waals surface area contributed by atoms with Crippen molar-refractivity contribution in [2.24, 2.45) is 0 Å². The van der Waals surface area contributed by atoms with Crippen LogP contribution in [0.1, 0.15) is 12.8 Å². The van der Waals surface area contributed by atoms with Crippen LogP contribution in [0.25, 0.3) is 5.65 Å². The number of amides is 2. The average molecular weight is 276 g/mol. The van der Waals surface area contributed by atoms with Gasteiger partial charge in [0, 0.05) is 13.5 Å². The summed E-state index contributed by atoms with van der Waals surface area (Å²) in [6.07, 6.45) is 0.704. The fraction of sp³-hybridized carbons (Fsp3) is 0.364. The molecule has 1 unspecified atom stereocenters. The number of rotatable bonds is 2. The molecule has 0 aromatic carbocycles. The average Bonchev–Trinajstić information content (AvgIpc) is 2.81. The first kappa shape index (κ1) is 12.3. The molecule has 2 amide bonds. The van der Waals surface area contributed by atoms with E-state index in [1.54, 1.807) is 12.1 Å². The predicted molar refractivity (Wildman–Crippen MR) is 68.0 cm³/mol. The van der Waals surface area contributed by atoms with Crippen LogP contribution in [0.5, 0.6) is 0 Å². The Morgan fingerprint density at radius 2 is 2.15 bits per heavy atom. The highest BCUT2D eigenvalue weighted by Gasteiger charge is 2.31. The number of hydrogen-bond donors (Lipinski definition) is 2. The van der Waals surface area contributed by atoms with Crippen molar-refractivity contribution in [3.63, 3.8) is 0 Å². The van der Waals surface area contributed by atoms with Crippen molar-refractivity contribution in [2.45, 2.75) is 18.9 Å². The Hall–Kier alpha value is -2.71. The van der Waals surface area contributed by atoms with Crippen LogP contribution in [-0.4, -0.2) is 49.6 Å². The number of hydrogen-bond acceptors (Lipinski definition) is 6. The SMILES string of the molecule is CN1C(=O)CCC(Nc2ccc3n[nH]c(=O)n3n2)C1=O. The van der Waals surface area contributed by atoms with Gasteiger partial charge in [0.15, 0.2) is 5.65 Å². The van der Waals surface area contributed by atoms with Gasteiger partial charge in [-0.25, -0.2) is 9.89 Å². The third-order valence-corrected chi connectivity index (χ3v) is 3.25. The lowest BCUT2D eigenvalue weighted by Crippen LogP contribution is -2.48. The predicted octanol–water partition coefficient (Wildman–Crippen LogP) is -1.02. The van der Waals surface area contributed by atoms with Gasteiger partial charge in [0.25, 0.3) is 5.91 Å². The van der Waals surface area contributed by atoms with E-state index in [9.17, 15) is 14.4 Å². The molecule has 1 aliphatic rings. The monoisotopic (exact) mass is 276 g/mol. The lowest BCUT2D eigenvalue weighted by Gasteiger charge is -2.28. The number of piperidine rings is 1. The molecule has 0 radical (unpaired) electrons. The number of aromatic nitrogens is 4. The first-order valence-electron chi connectivity index (χ1n) is 6.07. The zero-order chi connectivity index (χ0) is 14.3. The lowest BCUT2D eigenvalue weighted by molar-refractivity contribution is -0.146. The van der Waals surface area contributed by atoms with Crippen LogP contribution >= 0.6 is 0 Å². The third-order valence-electron chi connectivity index (χ3n) is 3.25. The van der Waals surface area contributed by atoms with E-state index in [4.69, 9.17) is 0 Å². The van der Waals surface area contributed by atoms with Crippen molar-refractivity contribution in [1.82, 2.24) is 24.7 Å². The molecular formula is C11H12N6O3. The summed E-state index contributed by atoms with van der Waals surface area (Å²) in [7, 11) is 1.45. The van der Waals surface area contributed by atoms with Crippen LogP contribution in [0.2, 0.25) is 0 Å². The van der Waals surface area contributed by atoms with E-state index in [2.05, 4.69) is 20.6 Å². The van der Waals surface area contributed by atoms with Crippen LogP contribution in [-0.2, 0) is 9.59 Å². The van der Waals surface area contributed by atoms with Crippen molar-refractivity contribution < 1.29 is 9.59 Å². The molecule has 2 aromatic rings. The molecule has 1 saturated heterocycles. The summed E-state index contributed by atoms with van der Waals surface area (Å²) in [4.78, 5) is 35.9. The third kappa shape index (κ3) is 1.92. The molecule has 0 bridgehead atoms. The molecule has 104 valence electrons. The molecule has 20 heavy (non-hydrogen) atoms. The Morgan fingerprint density at radius 1 is 1.35 bits per heavy atom. The lowest BCUT2D eigenvalue weighted by atomic mass is 10.0. The van der Waals surface area contributed by atoms with Gasteiger partial charge in [0.1, 0.15) is 11.9 Å². The van der Waals surface area contributed by atoms with Gasteiger partial charge in [-0.2, -0.15) is 9.61 Å². The van der Waals surface area contributed by atoms with E-state index in [-0.39, 0.29) is 11.8 Å². The molecule has 1 fully saturated rings. The number of anilines is 1. The number of aromatic amines is 1. The number of fused-ring (bicyclic) bond motifs is 1. The maximum Gasteiger partial charge on any atom is 0.364 e. The number of nitrogens with one attached hydrogen (secondary N) is 2. The van der Waals surface area contributed by atoms with Crippen LogP contribution < -0.4 is 11.0 Å². The smallest absolute Gasteiger partial charge is 0.357 e. The standard InChI is InChI=1S/C11H12N6O3/c1-16-9(18)5-2-6(10(16)19)12-7-3-4-8-13-14-11(20)17(8)15-7/h3-4,6H,2,5H2,1H3,(H,12,15)(H,14,20). The number of carbonyl (C=O) groups is 2. The van der Waals surface area contributed by atoms with Crippen molar-refractivity contribution in [3.8, 4) is 0 Å². The van der Waals surface area contributed by atoms with E-state index in [1.165, 1.54) is 7.05 Å². The first-order chi connectivity index (χ1) is 9.56. The largest absolute Gasteiger partial charge is 0.364 e. The van der Waals surface area contributed by atoms with Gasteiger partial charge >= 0.3 is 5.69 Å². The summed E-state index contributed by atoms with van der Waals surface area (Å²) in [5.74, 6) is -0.118. The Balaban J connectivity index is 1.86. The summed E-state index contributed by atoms with van der Waals surface area (Å²) in [5, 5.41) is 13.0. The molecule has 9 heteroatoms. The van der Waals surface area contributed by atoms with E-state index in [1.807, 2.05) is 0 Å². The number of likely N-dealkylation sites (tertiary alicyclic amines) is 1. The summed E-state index contributed by atoms with van der Waals surface area (Å²) in [6, 6.07) is 2.71. The highest BCUT2D eigenvalue weighted by molar-refractivity contribution is 6.01. The number of likely N-dealkylation sites (N-methyl/N-ethyl adjacent to an activating group) is 1. The van der Waals surface area contributed by atoms with Gasteiger partial charge < -0.3 is 5.32 Å². The summed E-state index contributed by atoms with van der Waals surface area (Å²) < 4.78 is 1.10. The maximum atomic E-state index is 11.9. The fourth-order valence-corrected chi connectivity index (χ4v) is 2.11. The van der Waals surface area contributed by atoms with E-state index in [0.29, 0.717) is 24.3 Å². The molecule has 2 N–H and O–H groups in total. The quantitative estimate of drug-likeness (QED) is 0.679. The molecule has 0 spiro atoms. The maximum absolute atomic E-state index is 11.9. The first-order valence-corrected chi connectivity index (χ1v) is 6.07. The van der Waals surface area contributed by atoms with Crippen LogP contribution in [0.3, 0.4) is 0 Å². The van der Waals surface area contributed by atoms with E-state index < -0.39 is 11.7 Å². The van der Waals surface area contributed by atoms with Gasteiger partial charge in [0.2, 0.25) is 5.91 Å². The number of nitrogens with zero attached hydrogens (tertiary/aromatic N) is 4. The second-order valence-corrected chi connectivity index (χ2v) is 4.54. The number of H-pyrrole nitrogens is 1. The van der Waals surface area contributed by atoms with Gasteiger partial charge in [-0.3, -0.25) is 14.5 Å². The molecule has 3 heterocycles. The van der Waals surface area contributed by atoms with Crippen molar-refractivity contribution >= 4 is 23.3 Å². The van der Waals surface area contributed by atoms with Crippen LogP contribution in [0.15, 0.2) is 16.9 Å². The fourth-order valence-electron chi connectivity index (χ4n) is 2.11. The molecular weight excluding hydrogens is 264 g/mol. The Kier molecular flexibility index (Phi) is 2.74. The zero-order valence-electron chi connectivity index (χ0n) is 10.7. The molecule has 0 saturated carbocycles. The molecule has 3 rings (SSSR count). The zero-order valence-corrected chi connectivity index (χ0v) is 10.7. The summed E-state index contributed by atoms with van der Waals surface area (Å²) >= 11 is 0. The van der Waals surface area contributed by atoms with E-state index >= 15 is 0 Å². The second kappa shape index (κ2) is 4.44. The van der Waals surface area contributed by atoms with Crippen molar-refractivity contribution in [3.05, 3.63) is 22.6 Å². The molecule has 1 atom stereocenters. The highest BCUT2D eigenvalue weighted by atomic mass is 16.2. The van der Waals surface area contributed by atoms with Crippen LogP contribution in [0, 0.1) is 0 Å². The number of carbonyl (C=O) groups excluding carboxylic acids is 2. The van der Waals surface area contributed by atoms with E-state index in [0.717, 1.165) is 9.42 Å². The molecule has 2 aromatic heterocycles. The normalized spacial score (nSPS) is 19.6. The molecule has 9 nitrogen and oxygen atoms in total. The summed E-state index contributed by atoms with van der Waals surface area (Å²) in [5.41, 5.74) is -0.0614.